The highest BCUT2D eigenvalue weighted by molar-refractivity contribution is 5.98. The van der Waals surface area contributed by atoms with Crippen LogP contribution in [0.1, 0.15) is 127 Å². The van der Waals surface area contributed by atoms with Crippen molar-refractivity contribution in [1.29, 1.82) is 0 Å². The van der Waals surface area contributed by atoms with E-state index in [0.29, 0.717) is 18.5 Å². The summed E-state index contributed by atoms with van der Waals surface area (Å²) >= 11 is 0. The quantitative estimate of drug-likeness (QED) is 0.119. The van der Waals surface area contributed by atoms with Gasteiger partial charge < -0.3 is 30.1 Å². The van der Waals surface area contributed by atoms with Crippen LogP contribution in [-0.2, 0) is 25.5 Å². The molecule has 5 heterocycles. The zero-order chi connectivity index (χ0) is 41.3. The molecule has 4 N–H and O–H groups in total. The van der Waals surface area contributed by atoms with Crippen molar-refractivity contribution >= 4 is 68.4 Å². The maximum Gasteiger partial charge on any atom is 0.409 e. The average molecular weight is 761 g/mol. The fraction of sp³-hybridized carbons (Fsp3) is 0.400. The number of nitrogens with zero attached hydrogens (tertiary/aromatic N) is 2. The van der Waals surface area contributed by atoms with Crippen LogP contribution in [0.2, 0.25) is 0 Å². The molecule has 2 amide bonds. The molecule has 0 aliphatic carbocycles. The third kappa shape index (κ3) is 9.56. The molecule has 0 aromatic carbocycles. The van der Waals surface area contributed by atoms with Gasteiger partial charge in [0.1, 0.15) is 17.4 Å². The first kappa shape index (κ1) is 41.5. The van der Waals surface area contributed by atoms with Gasteiger partial charge in [-0.05, 0) is 147 Å². The van der Waals surface area contributed by atoms with Crippen LogP contribution in [0.5, 0.6) is 0 Å². The van der Waals surface area contributed by atoms with Gasteiger partial charge in [0.2, 0.25) is 5.91 Å². The molecule has 2 aliphatic rings. The number of hydrogen-bond donors (Lipinski definition) is 4. The van der Waals surface area contributed by atoms with Crippen LogP contribution < -0.4 is 10.6 Å². The molecule has 1 atom stereocenters. The second-order valence-electron chi connectivity index (χ2n) is 16.5. The largest absolute Gasteiger partial charge is 0.460 e. The van der Waals surface area contributed by atoms with Crippen molar-refractivity contribution in [2.75, 3.05) is 0 Å². The molecule has 296 valence electrons. The summed E-state index contributed by atoms with van der Waals surface area (Å²) in [7, 11) is 0. The van der Waals surface area contributed by atoms with E-state index in [2.05, 4.69) is 40.7 Å². The predicted molar refractivity (Wildman–Crippen MR) is 226 cm³/mol. The van der Waals surface area contributed by atoms with Crippen LogP contribution >= 0.6 is 0 Å². The lowest BCUT2D eigenvalue weighted by Crippen LogP contribution is -2.47. The van der Waals surface area contributed by atoms with Gasteiger partial charge in [-0.1, -0.05) is 25.3 Å². The first-order chi connectivity index (χ1) is 26.2. The predicted octanol–water partition coefficient (Wildman–Crippen LogP) is 9.66. The number of esters is 1. The van der Waals surface area contributed by atoms with Crippen molar-refractivity contribution in [2.45, 2.75) is 119 Å². The van der Waals surface area contributed by atoms with E-state index in [9.17, 15) is 14.4 Å². The van der Waals surface area contributed by atoms with Crippen molar-refractivity contribution in [3.05, 3.63) is 88.5 Å². The lowest BCUT2D eigenvalue weighted by atomic mass is 10.00. The summed E-state index contributed by atoms with van der Waals surface area (Å²) in [6.07, 6.45) is 3.59. The molecule has 5 rings (SSSR count). The average Bonchev–Trinajstić information content (AvgIpc) is 3.73. The normalized spacial score (nSPS) is 13.7. The number of fused-ring (bicyclic) bond motifs is 8. The number of H-pyrrole nitrogens is 2. The van der Waals surface area contributed by atoms with Gasteiger partial charge in [-0.3, -0.25) is 9.59 Å². The maximum absolute atomic E-state index is 13.3. The smallest absolute Gasteiger partial charge is 0.409 e. The molecule has 0 fully saturated rings. The summed E-state index contributed by atoms with van der Waals surface area (Å²) in [6.45, 7) is 29.0. The summed E-state index contributed by atoms with van der Waals surface area (Å²) < 4.78 is 11.0. The van der Waals surface area contributed by atoms with Crippen LogP contribution in [-0.4, -0.2) is 55.3 Å². The van der Waals surface area contributed by atoms with Gasteiger partial charge in [0, 0.05) is 46.0 Å². The Morgan fingerprint density at radius 1 is 0.714 bits per heavy atom. The number of hydrogen-bond acceptors (Lipinski definition) is 7. The SMILES string of the molecule is C=CC1=C(C)c2cc3[nH]c(cc4nc(cc5[nH]c(cc1n2)c(C)c5C=C)C(C)=C4CCC(=O)OC(C)(C)C)c(CCC(=O)NC(C)NC(=O)OC(C)(C)C)c3C. The second kappa shape index (κ2) is 16.2. The van der Waals surface area contributed by atoms with E-state index in [1.807, 2.05) is 78.0 Å². The van der Waals surface area contributed by atoms with E-state index in [1.165, 1.54) is 0 Å². The highest BCUT2D eigenvalue weighted by Gasteiger charge is 2.23. The second-order valence-corrected chi connectivity index (χ2v) is 16.5. The van der Waals surface area contributed by atoms with Gasteiger partial charge in [-0.2, -0.15) is 0 Å². The third-order valence-corrected chi connectivity index (χ3v) is 9.76. The van der Waals surface area contributed by atoms with Gasteiger partial charge in [-0.25, -0.2) is 14.8 Å². The number of aromatic nitrogens is 4. The summed E-state index contributed by atoms with van der Waals surface area (Å²) in [5.41, 5.74) is 12.9. The molecule has 1 unspecified atom stereocenters. The number of ether oxygens (including phenoxy) is 2. The lowest BCUT2D eigenvalue weighted by molar-refractivity contribution is -0.154. The molecule has 11 heteroatoms. The summed E-state index contributed by atoms with van der Waals surface area (Å²) in [5.74, 6) is -0.517. The van der Waals surface area contributed by atoms with Crippen LogP contribution in [0.25, 0.3) is 50.4 Å². The van der Waals surface area contributed by atoms with E-state index in [-0.39, 0.29) is 24.7 Å². The Morgan fingerprint density at radius 2 is 1.29 bits per heavy atom. The number of alkyl carbamates (subject to hydrolysis) is 1. The summed E-state index contributed by atoms with van der Waals surface area (Å²) in [6, 6.07) is 8.10. The van der Waals surface area contributed by atoms with Crippen LogP contribution in [0.15, 0.2) is 43.5 Å². The van der Waals surface area contributed by atoms with Crippen molar-refractivity contribution in [1.82, 2.24) is 30.6 Å². The molecule has 3 aromatic heterocycles. The van der Waals surface area contributed by atoms with E-state index in [4.69, 9.17) is 19.4 Å². The number of amides is 2. The van der Waals surface area contributed by atoms with E-state index in [1.54, 1.807) is 27.7 Å². The first-order valence-electron chi connectivity index (χ1n) is 19.1. The Kier molecular flexibility index (Phi) is 12.0. The molecule has 2 aliphatic heterocycles. The van der Waals surface area contributed by atoms with Crippen molar-refractivity contribution in [3.63, 3.8) is 0 Å². The maximum atomic E-state index is 13.3. The van der Waals surface area contributed by atoms with Gasteiger partial charge in [0.25, 0.3) is 0 Å². The fourth-order valence-electron chi connectivity index (χ4n) is 7.00. The Bertz CT molecular complexity index is 2340. The Hall–Kier alpha value is -5.71. The van der Waals surface area contributed by atoms with Gasteiger partial charge >= 0.3 is 12.1 Å². The third-order valence-electron chi connectivity index (χ3n) is 9.76. The molecular formula is C45H56N6O5. The molecule has 56 heavy (non-hydrogen) atoms. The van der Waals surface area contributed by atoms with Crippen LogP contribution in [0, 0.1) is 13.8 Å². The zero-order valence-corrected chi connectivity index (χ0v) is 34.7. The Morgan fingerprint density at radius 3 is 1.93 bits per heavy atom. The number of allylic oxidation sites excluding steroid dienone is 5. The number of rotatable bonds is 10. The van der Waals surface area contributed by atoms with E-state index >= 15 is 0 Å². The minimum absolute atomic E-state index is 0.156. The molecule has 0 spiro atoms. The van der Waals surface area contributed by atoms with Crippen LogP contribution in [0.4, 0.5) is 4.79 Å². The van der Waals surface area contributed by atoms with Crippen molar-refractivity contribution in [3.8, 4) is 0 Å². The van der Waals surface area contributed by atoms with Crippen molar-refractivity contribution < 1.29 is 23.9 Å². The minimum Gasteiger partial charge on any atom is -0.460 e. The van der Waals surface area contributed by atoms with E-state index < -0.39 is 23.5 Å². The molecule has 0 radical (unpaired) electrons. The first-order valence-corrected chi connectivity index (χ1v) is 19.1. The summed E-state index contributed by atoms with van der Waals surface area (Å²) in [4.78, 5) is 55.9. The monoisotopic (exact) mass is 760 g/mol. The number of aromatic amines is 2. The zero-order valence-electron chi connectivity index (χ0n) is 34.7. The molecule has 8 bridgehead atoms. The van der Waals surface area contributed by atoms with E-state index in [0.717, 1.165) is 83.7 Å². The van der Waals surface area contributed by atoms with Gasteiger partial charge in [-0.15, -0.1) is 0 Å². The number of carbonyl (C=O) groups is 3. The highest BCUT2D eigenvalue weighted by Crippen LogP contribution is 2.37. The number of carbonyl (C=O) groups excluding carboxylic acids is 3. The number of nitrogens with one attached hydrogen (secondary N) is 4. The topological polar surface area (TPSA) is 151 Å². The molecule has 0 saturated heterocycles. The summed E-state index contributed by atoms with van der Waals surface area (Å²) in [5, 5.41) is 5.52. The van der Waals surface area contributed by atoms with Crippen LogP contribution in [0.3, 0.4) is 0 Å². The lowest BCUT2D eigenvalue weighted by Gasteiger charge is -2.22. The standard InChI is InChI=1S/C45H56N6O5/c1-14-29-24(3)33-20-34-26(5)31(16-18-41(52)46-28(7)47-43(54)56-45(11,12)13)39(50-34)23-40-32(17-19-42(53)55-44(8,9)10)27(6)36(51-40)22-38-30(15-2)25(4)35(49-38)21-37(29)48-33/h14-15,20-23,28,49-50H,1-2,16-19H2,3-13H3,(H,46,52)(H,47,54). The molecular weight excluding hydrogens is 705 g/mol. The Labute approximate surface area is 329 Å². The Balaban J connectivity index is 1.68. The number of aryl methyl sites for hydroxylation is 3. The van der Waals surface area contributed by atoms with Crippen molar-refractivity contribution in [2.24, 2.45) is 0 Å². The molecule has 0 saturated carbocycles. The molecule has 3 aromatic rings. The molecule has 11 nitrogen and oxygen atoms in total. The highest BCUT2D eigenvalue weighted by atomic mass is 16.6. The van der Waals surface area contributed by atoms with Gasteiger partial charge in [0.05, 0.1) is 22.8 Å². The van der Waals surface area contributed by atoms with Gasteiger partial charge in [0.15, 0.2) is 0 Å². The minimum atomic E-state index is -0.663. The fourth-order valence-corrected chi connectivity index (χ4v) is 7.00.